The minimum absolute atomic E-state index is 0.336. The van der Waals surface area contributed by atoms with Crippen molar-refractivity contribution in [1.82, 2.24) is 15.2 Å². The highest BCUT2D eigenvalue weighted by Gasteiger charge is 2.26. The molecule has 1 saturated heterocycles. The van der Waals surface area contributed by atoms with E-state index in [4.69, 9.17) is 4.74 Å². The normalized spacial score (nSPS) is 23.3. The lowest BCUT2D eigenvalue weighted by molar-refractivity contribution is 0.0459. The number of likely N-dealkylation sites (N-methyl/N-ethyl adjacent to an activating group) is 1. The van der Waals surface area contributed by atoms with Crippen LogP contribution in [0.3, 0.4) is 0 Å². The van der Waals surface area contributed by atoms with Crippen molar-refractivity contribution < 1.29 is 4.74 Å². The Balaban J connectivity index is 2.16. The number of rotatable bonds is 3. The third kappa shape index (κ3) is 2.58. The molecule has 0 saturated carbocycles. The van der Waals surface area contributed by atoms with E-state index in [0.717, 1.165) is 19.8 Å². The third-order valence-corrected chi connectivity index (χ3v) is 2.94. The Kier molecular flexibility index (Phi) is 3.88. The molecule has 0 amide bonds. The molecule has 1 aliphatic rings. The Hall–Kier alpha value is -0.970. The SMILES string of the molecule is CN(C)C(c1ccncc1)C1COCCN1. The topological polar surface area (TPSA) is 37.4 Å². The van der Waals surface area contributed by atoms with Gasteiger partial charge in [-0.25, -0.2) is 0 Å². The van der Waals surface area contributed by atoms with E-state index in [1.54, 1.807) is 0 Å². The van der Waals surface area contributed by atoms with Gasteiger partial charge in [0, 0.05) is 18.9 Å². The summed E-state index contributed by atoms with van der Waals surface area (Å²) >= 11 is 0. The molecule has 2 atom stereocenters. The standard InChI is InChI=1S/C12H19N3O/c1-15(2)12(10-3-5-13-6-4-10)11-9-16-8-7-14-11/h3-6,11-12,14H,7-9H2,1-2H3. The number of hydrogen-bond acceptors (Lipinski definition) is 4. The molecule has 0 aliphatic carbocycles. The summed E-state index contributed by atoms with van der Waals surface area (Å²) in [6, 6.07) is 4.83. The summed E-state index contributed by atoms with van der Waals surface area (Å²) < 4.78 is 5.53. The second kappa shape index (κ2) is 5.39. The molecule has 0 radical (unpaired) electrons. The first-order chi connectivity index (χ1) is 7.79. The molecular formula is C12H19N3O. The van der Waals surface area contributed by atoms with Gasteiger partial charge in [-0.3, -0.25) is 4.98 Å². The number of nitrogens with one attached hydrogen (secondary N) is 1. The van der Waals surface area contributed by atoms with Gasteiger partial charge in [-0.05, 0) is 31.8 Å². The van der Waals surface area contributed by atoms with E-state index in [-0.39, 0.29) is 0 Å². The van der Waals surface area contributed by atoms with Gasteiger partial charge in [0.1, 0.15) is 0 Å². The quantitative estimate of drug-likeness (QED) is 0.814. The number of pyridine rings is 1. The molecular weight excluding hydrogens is 202 g/mol. The summed E-state index contributed by atoms with van der Waals surface area (Å²) in [7, 11) is 4.20. The van der Waals surface area contributed by atoms with E-state index in [2.05, 4.69) is 41.4 Å². The maximum Gasteiger partial charge on any atom is 0.0639 e. The van der Waals surface area contributed by atoms with Crippen LogP contribution in [-0.2, 0) is 4.74 Å². The lowest BCUT2D eigenvalue weighted by atomic mass is 9.99. The third-order valence-electron chi connectivity index (χ3n) is 2.94. The molecule has 2 heterocycles. The Morgan fingerprint density at radius 1 is 1.44 bits per heavy atom. The van der Waals surface area contributed by atoms with Crippen LogP contribution in [0.1, 0.15) is 11.6 Å². The first-order valence-corrected chi connectivity index (χ1v) is 5.66. The van der Waals surface area contributed by atoms with E-state index in [0.29, 0.717) is 12.1 Å². The molecule has 2 rings (SSSR count). The minimum Gasteiger partial charge on any atom is -0.378 e. The summed E-state index contributed by atoms with van der Waals surface area (Å²) in [4.78, 5) is 6.29. The Labute approximate surface area is 96.6 Å². The second-order valence-corrected chi connectivity index (χ2v) is 4.32. The number of aromatic nitrogens is 1. The molecule has 1 fully saturated rings. The first kappa shape index (κ1) is 11.5. The van der Waals surface area contributed by atoms with Gasteiger partial charge in [0.2, 0.25) is 0 Å². The average Bonchev–Trinajstić information content (AvgIpc) is 2.31. The lowest BCUT2D eigenvalue weighted by Gasteiger charge is -2.35. The van der Waals surface area contributed by atoms with Gasteiger partial charge in [-0.15, -0.1) is 0 Å². The predicted molar refractivity (Wildman–Crippen MR) is 63.3 cm³/mol. The molecule has 0 aromatic carbocycles. The zero-order valence-electron chi connectivity index (χ0n) is 9.89. The summed E-state index contributed by atoms with van der Waals surface area (Å²) in [6.45, 7) is 2.51. The van der Waals surface area contributed by atoms with Crippen LogP contribution in [0.5, 0.6) is 0 Å². The van der Waals surface area contributed by atoms with Crippen molar-refractivity contribution in [2.24, 2.45) is 0 Å². The summed E-state index contributed by atoms with van der Waals surface area (Å²) in [5.74, 6) is 0. The molecule has 1 aromatic heterocycles. The minimum atomic E-state index is 0.336. The van der Waals surface area contributed by atoms with E-state index < -0.39 is 0 Å². The lowest BCUT2D eigenvalue weighted by Crippen LogP contribution is -2.48. The largest absolute Gasteiger partial charge is 0.378 e. The van der Waals surface area contributed by atoms with Gasteiger partial charge in [0.15, 0.2) is 0 Å². The Bertz CT molecular complexity index is 309. The fraction of sp³-hybridized carbons (Fsp3) is 0.583. The summed E-state index contributed by atoms with van der Waals surface area (Å²) in [5, 5.41) is 3.51. The van der Waals surface area contributed by atoms with Crippen LogP contribution in [0.4, 0.5) is 0 Å². The van der Waals surface area contributed by atoms with E-state index in [9.17, 15) is 0 Å². The van der Waals surface area contributed by atoms with Gasteiger partial charge in [-0.2, -0.15) is 0 Å². The molecule has 0 spiro atoms. The fourth-order valence-corrected chi connectivity index (χ4v) is 2.24. The predicted octanol–water partition coefficient (Wildman–Crippen LogP) is 0.673. The van der Waals surface area contributed by atoms with Crippen LogP contribution in [-0.4, -0.2) is 49.8 Å². The Morgan fingerprint density at radius 2 is 2.19 bits per heavy atom. The van der Waals surface area contributed by atoms with Crippen molar-refractivity contribution in [3.05, 3.63) is 30.1 Å². The van der Waals surface area contributed by atoms with E-state index >= 15 is 0 Å². The van der Waals surface area contributed by atoms with Crippen LogP contribution in [0.25, 0.3) is 0 Å². The Morgan fingerprint density at radius 3 is 2.75 bits per heavy atom. The highest BCUT2D eigenvalue weighted by atomic mass is 16.5. The molecule has 1 N–H and O–H groups in total. The smallest absolute Gasteiger partial charge is 0.0639 e. The van der Waals surface area contributed by atoms with Crippen molar-refractivity contribution in [1.29, 1.82) is 0 Å². The van der Waals surface area contributed by atoms with Crippen molar-refractivity contribution in [3.8, 4) is 0 Å². The van der Waals surface area contributed by atoms with Crippen LogP contribution >= 0.6 is 0 Å². The second-order valence-electron chi connectivity index (χ2n) is 4.32. The van der Waals surface area contributed by atoms with Crippen molar-refractivity contribution in [2.75, 3.05) is 33.9 Å². The van der Waals surface area contributed by atoms with Crippen LogP contribution in [0.15, 0.2) is 24.5 Å². The summed E-state index contributed by atoms with van der Waals surface area (Å²) in [5.41, 5.74) is 1.28. The van der Waals surface area contributed by atoms with E-state index in [1.807, 2.05) is 12.4 Å². The van der Waals surface area contributed by atoms with Gasteiger partial charge >= 0.3 is 0 Å². The molecule has 16 heavy (non-hydrogen) atoms. The maximum atomic E-state index is 5.53. The average molecular weight is 221 g/mol. The molecule has 4 nitrogen and oxygen atoms in total. The zero-order chi connectivity index (χ0) is 11.4. The molecule has 1 aliphatic heterocycles. The number of morpholine rings is 1. The highest BCUT2D eigenvalue weighted by molar-refractivity contribution is 5.17. The van der Waals surface area contributed by atoms with Crippen LogP contribution < -0.4 is 5.32 Å². The molecule has 1 aromatic rings. The summed E-state index contributed by atoms with van der Waals surface area (Å²) in [6.07, 6.45) is 3.69. The number of nitrogens with zero attached hydrogens (tertiary/aromatic N) is 2. The van der Waals surface area contributed by atoms with Crippen LogP contribution in [0.2, 0.25) is 0 Å². The number of hydrogen-bond donors (Lipinski definition) is 1. The van der Waals surface area contributed by atoms with E-state index in [1.165, 1.54) is 5.56 Å². The van der Waals surface area contributed by atoms with Crippen LogP contribution in [0, 0.1) is 0 Å². The molecule has 0 bridgehead atoms. The van der Waals surface area contributed by atoms with Gasteiger partial charge in [0.05, 0.1) is 25.3 Å². The monoisotopic (exact) mass is 221 g/mol. The molecule has 88 valence electrons. The highest BCUT2D eigenvalue weighted by Crippen LogP contribution is 2.22. The fourth-order valence-electron chi connectivity index (χ4n) is 2.24. The van der Waals surface area contributed by atoms with Gasteiger partial charge in [0.25, 0.3) is 0 Å². The van der Waals surface area contributed by atoms with Crippen molar-refractivity contribution >= 4 is 0 Å². The van der Waals surface area contributed by atoms with Gasteiger partial charge in [-0.1, -0.05) is 0 Å². The molecule has 4 heteroatoms. The molecule has 2 unspecified atom stereocenters. The van der Waals surface area contributed by atoms with Gasteiger partial charge < -0.3 is 15.0 Å². The maximum absolute atomic E-state index is 5.53. The zero-order valence-corrected chi connectivity index (χ0v) is 9.89. The van der Waals surface area contributed by atoms with Crippen molar-refractivity contribution in [3.63, 3.8) is 0 Å². The first-order valence-electron chi connectivity index (χ1n) is 5.66. The van der Waals surface area contributed by atoms with Crippen molar-refractivity contribution in [2.45, 2.75) is 12.1 Å². The number of ether oxygens (including phenoxy) is 1.